The second kappa shape index (κ2) is 6.24. The highest BCUT2D eigenvalue weighted by Gasteiger charge is 2.19. The molecule has 2 rings (SSSR count). The van der Waals surface area contributed by atoms with Gasteiger partial charge in [-0.1, -0.05) is 54.1 Å². The van der Waals surface area contributed by atoms with Gasteiger partial charge in [0, 0.05) is 5.92 Å². The molecule has 0 aliphatic heterocycles. The van der Waals surface area contributed by atoms with E-state index in [-0.39, 0.29) is 0 Å². The zero-order valence-corrected chi connectivity index (χ0v) is 10.0. The molecule has 1 aromatic carbocycles. The Morgan fingerprint density at radius 1 is 1.24 bits per heavy atom. The molecule has 1 N–H and O–H groups in total. The minimum atomic E-state index is 0.439. The number of rotatable bonds is 3. The average molecular weight is 229 g/mol. The lowest BCUT2D eigenvalue weighted by Crippen LogP contribution is -2.18. The molecule has 0 heterocycles. The first-order valence-electron chi connectivity index (χ1n) is 6.32. The van der Waals surface area contributed by atoms with Crippen molar-refractivity contribution < 1.29 is 5.21 Å². The molecule has 1 atom stereocenters. The van der Waals surface area contributed by atoms with Crippen molar-refractivity contribution in [1.82, 2.24) is 0 Å². The van der Waals surface area contributed by atoms with Crippen LogP contribution in [0.5, 0.6) is 0 Å². The Labute approximate surface area is 103 Å². The van der Waals surface area contributed by atoms with Gasteiger partial charge in [-0.15, -0.1) is 0 Å². The van der Waals surface area contributed by atoms with Crippen molar-refractivity contribution in [3.8, 4) is 0 Å². The Kier molecular flexibility index (Phi) is 4.37. The minimum Gasteiger partial charge on any atom is -0.411 e. The molecule has 2 nitrogen and oxygen atoms in total. The molecular weight excluding hydrogens is 210 g/mol. The first-order chi connectivity index (χ1) is 8.40. The van der Waals surface area contributed by atoms with Gasteiger partial charge in [-0.2, -0.15) is 0 Å². The monoisotopic (exact) mass is 229 g/mol. The predicted molar refractivity (Wildman–Crippen MR) is 71.3 cm³/mol. The van der Waals surface area contributed by atoms with Crippen molar-refractivity contribution in [2.45, 2.75) is 32.1 Å². The van der Waals surface area contributed by atoms with E-state index in [2.05, 4.69) is 29.4 Å². The highest BCUT2D eigenvalue weighted by Crippen LogP contribution is 2.25. The predicted octanol–water partition coefficient (Wildman–Crippen LogP) is 4.11. The van der Waals surface area contributed by atoms with Crippen LogP contribution in [0.1, 0.15) is 37.7 Å². The fraction of sp³-hybridized carbons (Fsp3) is 0.400. The molecule has 17 heavy (non-hydrogen) atoms. The van der Waals surface area contributed by atoms with E-state index in [4.69, 9.17) is 5.21 Å². The molecule has 0 amide bonds. The van der Waals surface area contributed by atoms with Crippen LogP contribution < -0.4 is 0 Å². The molecular formula is C15H19NO. The Morgan fingerprint density at radius 2 is 2.06 bits per heavy atom. The van der Waals surface area contributed by atoms with Crippen LogP contribution in [-0.2, 0) is 0 Å². The molecule has 0 radical (unpaired) electrons. The van der Waals surface area contributed by atoms with Crippen molar-refractivity contribution in [2.75, 3.05) is 0 Å². The molecule has 1 aliphatic rings. The number of hydrogen-bond acceptors (Lipinski definition) is 2. The zero-order valence-electron chi connectivity index (χ0n) is 10.0. The van der Waals surface area contributed by atoms with Gasteiger partial charge in [0.05, 0.1) is 5.71 Å². The Hall–Kier alpha value is -1.57. The van der Waals surface area contributed by atoms with E-state index in [0.29, 0.717) is 5.92 Å². The molecule has 0 saturated heterocycles. The maximum atomic E-state index is 8.94. The van der Waals surface area contributed by atoms with Gasteiger partial charge in [-0.05, 0) is 31.2 Å². The summed E-state index contributed by atoms with van der Waals surface area (Å²) < 4.78 is 0. The molecule has 1 unspecified atom stereocenters. The van der Waals surface area contributed by atoms with Crippen LogP contribution in [0, 0.1) is 5.92 Å². The Balaban J connectivity index is 1.91. The standard InChI is InChI=1S/C15H19NO/c17-16-15-12-5-4-10-14(15)11-6-9-13-7-2-1-3-8-13/h1-3,6-9,14,17H,4-5,10-12H2/b9-6+,16-15+. The summed E-state index contributed by atoms with van der Waals surface area (Å²) in [4.78, 5) is 0. The molecule has 0 aromatic heterocycles. The topological polar surface area (TPSA) is 32.6 Å². The SMILES string of the molecule is O/N=C1\CCCCC1C/C=C/c1ccccc1. The first-order valence-corrected chi connectivity index (χ1v) is 6.32. The molecule has 0 spiro atoms. The van der Waals surface area contributed by atoms with E-state index < -0.39 is 0 Å². The third kappa shape index (κ3) is 3.45. The van der Waals surface area contributed by atoms with Crippen molar-refractivity contribution >= 4 is 11.8 Å². The third-order valence-corrected chi connectivity index (χ3v) is 3.37. The van der Waals surface area contributed by atoms with E-state index in [0.717, 1.165) is 31.4 Å². The van der Waals surface area contributed by atoms with Crippen LogP contribution in [0.25, 0.3) is 6.08 Å². The summed E-state index contributed by atoms with van der Waals surface area (Å²) in [6.45, 7) is 0. The van der Waals surface area contributed by atoms with Crippen LogP contribution in [0.2, 0.25) is 0 Å². The van der Waals surface area contributed by atoms with E-state index in [1.54, 1.807) is 0 Å². The number of benzene rings is 1. The smallest absolute Gasteiger partial charge is 0.0604 e. The number of nitrogens with zero attached hydrogens (tertiary/aromatic N) is 1. The van der Waals surface area contributed by atoms with E-state index in [1.165, 1.54) is 12.0 Å². The second-order valence-electron chi connectivity index (χ2n) is 4.58. The lowest BCUT2D eigenvalue weighted by Gasteiger charge is -2.21. The minimum absolute atomic E-state index is 0.439. The molecule has 1 saturated carbocycles. The maximum absolute atomic E-state index is 8.94. The molecule has 0 bridgehead atoms. The van der Waals surface area contributed by atoms with Gasteiger partial charge in [0.1, 0.15) is 0 Å². The summed E-state index contributed by atoms with van der Waals surface area (Å²) in [7, 11) is 0. The van der Waals surface area contributed by atoms with Crippen LogP contribution in [0.3, 0.4) is 0 Å². The van der Waals surface area contributed by atoms with Crippen molar-refractivity contribution in [1.29, 1.82) is 0 Å². The fourth-order valence-electron chi connectivity index (χ4n) is 2.39. The van der Waals surface area contributed by atoms with Gasteiger partial charge in [-0.3, -0.25) is 0 Å². The number of oxime groups is 1. The fourth-order valence-corrected chi connectivity index (χ4v) is 2.39. The summed E-state index contributed by atoms with van der Waals surface area (Å²) in [5, 5.41) is 12.4. The second-order valence-corrected chi connectivity index (χ2v) is 4.58. The van der Waals surface area contributed by atoms with Crippen molar-refractivity contribution in [2.24, 2.45) is 11.1 Å². The molecule has 1 aliphatic carbocycles. The van der Waals surface area contributed by atoms with Gasteiger partial charge in [0.15, 0.2) is 0 Å². The molecule has 1 aromatic rings. The van der Waals surface area contributed by atoms with Gasteiger partial charge < -0.3 is 5.21 Å². The molecule has 1 fully saturated rings. The largest absolute Gasteiger partial charge is 0.411 e. The number of allylic oxidation sites excluding steroid dienone is 1. The van der Waals surface area contributed by atoms with Crippen LogP contribution in [0.15, 0.2) is 41.6 Å². The molecule has 90 valence electrons. The highest BCUT2D eigenvalue weighted by atomic mass is 16.4. The third-order valence-electron chi connectivity index (χ3n) is 3.37. The maximum Gasteiger partial charge on any atom is 0.0604 e. The number of hydrogen-bond donors (Lipinski definition) is 1. The summed E-state index contributed by atoms with van der Waals surface area (Å²) in [6.07, 6.45) is 9.84. The Bertz CT molecular complexity index is 395. The zero-order chi connectivity index (χ0) is 11.9. The van der Waals surface area contributed by atoms with E-state index in [1.807, 2.05) is 18.2 Å². The van der Waals surface area contributed by atoms with Crippen LogP contribution in [0.4, 0.5) is 0 Å². The van der Waals surface area contributed by atoms with Crippen LogP contribution in [-0.4, -0.2) is 10.9 Å². The van der Waals surface area contributed by atoms with E-state index in [9.17, 15) is 0 Å². The quantitative estimate of drug-likeness (QED) is 0.614. The van der Waals surface area contributed by atoms with Crippen LogP contribution >= 0.6 is 0 Å². The average Bonchev–Trinajstić information content (AvgIpc) is 2.40. The summed E-state index contributed by atoms with van der Waals surface area (Å²) in [5.74, 6) is 0.439. The lowest BCUT2D eigenvalue weighted by atomic mass is 9.85. The highest BCUT2D eigenvalue weighted by molar-refractivity contribution is 5.87. The van der Waals surface area contributed by atoms with Gasteiger partial charge in [0.25, 0.3) is 0 Å². The normalized spacial score (nSPS) is 23.3. The summed E-state index contributed by atoms with van der Waals surface area (Å²) in [5.41, 5.74) is 2.21. The van der Waals surface area contributed by atoms with Gasteiger partial charge >= 0.3 is 0 Å². The summed E-state index contributed by atoms with van der Waals surface area (Å²) >= 11 is 0. The lowest BCUT2D eigenvalue weighted by molar-refractivity contribution is 0.309. The Morgan fingerprint density at radius 3 is 2.82 bits per heavy atom. The molecule has 2 heteroatoms. The first kappa shape index (κ1) is 11.9. The van der Waals surface area contributed by atoms with Gasteiger partial charge in [-0.25, -0.2) is 0 Å². The summed E-state index contributed by atoms with van der Waals surface area (Å²) in [6, 6.07) is 10.3. The van der Waals surface area contributed by atoms with Crippen molar-refractivity contribution in [3.63, 3.8) is 0 Å². The van der Waals surface area contributed by atoms with Crippen molar-refractivity contribution in [3.05, 3.63) is 42.0 Å². The van der Waals surface area contributed by atoms with Gasteiger partial charge in [0.2, 0.25) is 0 Å². The van der Waals surface area contributed by atoms with E-state index >= 15 is 0 Å².